The normalized spacial score (nSPS) is 24.1. The largest absolute Gasteiger partial charge is 0.340 e. The number of carbonyl (C=O) groups is 1. The van der Waals surface area contributed by atoms with Crippen molar-refractivity contribution in [3.05, 3.63) is 33.7 Å². The molecule has 0 aliphatic carbocycles. The van der Waals surface area contributed by atoms with Crippen LogP contribution in [0.25, 0.3) is 0 Å². The number of amides is 1. The molecule has 0 unspecified atom stereocenters. The number of hydrogen-bond acceptors (Lipinski definition) is 5. The molecule has 31 heavy (non-hydrogen) atoms. The third-order valence-corrected chi connectivity index (χ3v) is 8.43. The highest BCUT2D eigenvalue weighted by molar-refractivity contribution is 8.00. The average Bonchev–Trinajstić information content (AvgIpc) is 3.22. The fourth-order valence-electron chi connectivity index (χ4n) is 5.09. The fraction of sp³-hybridized carbons (Fsp3) is 0.727. The molecule has 1 amide bonds. The lowest BCUT2D eigenvalue weighted by atomic mass is 9.82. The van der Waals surface area contributed by atoms with Crippen LogP contribution in [-0.2, 0) is 17.9 Å². The Balaban J connectivity index is 0.00000171. The molecule has 4 rings (SSSR count). The summed E-state index contributed by atoms with van der Waals surface area (Å²) in [4.78, 5) is 30.6. The first-order valence-corrected chi connectivity index (χ1v) is 12.1. The van der Waals surface area contributed by atoms with Crippen LogP contribution < -0.4 is 11.3 Å². The Hall–Kier alpha value is -0.730. The molecule has 2 fully saturated rings. The van der Waals surface area contributed by atoms with Gasteiger partial charge in [0.2, 0.25) is 5.91 Å². The van der Waals surface area contributed by atoms with Crippen molar-refractivity contribution >= 4 is 42.5 Å². The van der Waals surface area contributed by atoms with Gasteiger partial charge in [-0.3, -0.25) is 14.5 Å². The van der Waals surface area contributed by atoms with Crippen LogP contribution in [0.1, 0.15) is 50.3 Å². The van der Waals surface area contributed by atoms with E-state index in [-0.39, 0.29) is 46.9 Å². The molecule has 2 bridgehead atoms. The van der Waals surface area contributed by atoms with Gasteiger partial charge in [-0.15, -0.1) is 24.8 Å². The highest BCUT2D eigenvalue weighted by atomic mass is 35.5. The highest BCUT2D eigenvalue weighted by Crippen LogP contribution is 2.36. The molecule has 9 heteroatoms. The zero-order chi connectivity index (χ0) is 20.8. The molecule has 1 aromatic rings. The number of pyridine rings is 1. The number of likely N-dealkylation sites (tertiary alicyclic amines) is 2. The van der Waals surface area contributed by atoms with E-state index >= 15 is 0 Å². The molecule has 2 saturated heterocycles. The van der Waals surface area contributed by atoms with Crippen molar-refractivity contribution in [3.8, 4) is 0 Å². The van der Waals surface area contributed by atoms with Gasteiger partial charge in [0, 0.05) is 48.1 Å². The number of thioether (sulfide) groups is 1. The van der Waals surface area contributed by atoms with E-state index in [4.69, 9.17) is 5.73 Å². The monoisotopic (exact) mass is 490 g/mol. The average molecular weight is 492 g/mol. The van der Waals surface area contributed by atoms with Gasteiger partial charge in [0.1, 0.15) is 0 Å². The van der Waals surface area contributed by atoms with E-state index in [1.165, 1.54) is 12.8 Å². The molecule has 2 N–H and O–H groups in total. The number of piperidine rings is 1. The van der Waals surface area contributed by atoms with Crippen LogP contribution in [-0.4, -0.2) is 63.5 Å². The first-order valence-electron chi connectivity index (χ1n) is 10.8. The Morgan fingerprint density at radius 2 is 1.87 bits per heavy atom. The predicted molar refractivity (Wildman–Crippen MR) is 133 cm³/mol. The third-order valence-electron chi connectivity index (χ3n) is 7.13. The quantitative estimate of drug-likeness (QED) is 0.686. The van der Waals surface area contributed by atoms with Gasteiger partial charge in [0.15, 0.2) is 0 Å². The number of hydrogen-bond donors (Lipinski definition) is 1. The number of fused-ring (bicyclic) bond motifs is 4. The Bertz CT molecular complexity index is 841. The molecule has 0 aromatic carbocycles. The predicted octanol–water partition coefficient (Wildman–Crippen LogP) is 2.70. The lowest BCUT2D eigenvalue weighted by molar-refractivity contribution is -0.135. The molecule has 6 nitrogen and oxygen atoms in total. The molecule has 0 saturated carbocycles. The molecular formula is C22H36Cl2N4O2S. The highest BCUT2D eigenvalue weighted by Gasteiger charge is 2.40. The summed E-state index contributed by atoms with van der Waals surface area (Å²) in [6.45, 7) is 9.09. The van der Waals surface area contributed by atoms with Crippen LogP contribution in [0.4, 0.5) is 0 Å². The maximum Gasteiger partial charge on any atom is 0.255 e. The van der Waals surface area contributed by atoms with Crippen LogP contribution in [0.15, 0.2) is 16.9 Å². The molecular weight excluding hydrogens is 455 g/mol. The van der Waals surface area contributed by atoms with Crippen molar-refractivity contribution in [1.29, 1.82) is 0 Å². The van der Waals surface area contributed by atoms with E-state index in [1.807, 2.05) is 35.6 Å². The standard InChI is InChI=1S/C22H34N4O2S.2ClH/c1-22(2,29-3)19(23)21(28)25-11-15-10-17(14-25)18-7-6-16(20(27)26(18)12-15)13-24-8-4-5-9-24;;/h6-7,15,17,19H,4-5,8-14,23H2,1-3H3;2*1H/t15-,17+,19+;;/m0../s1. The second-order valence-corrected chi connectivity index (χ2v) is 11.0. The second kappa shape index (κ2) is 10.5. The van der Waals surface area contributed by atoms with Gasteiger partial charge in [-0.05, 0) is 64.4 Å². The summed E-state index contributed by atoms with van der Waals surface area (Å²) >= 11 is 1.63. The summed E-state index contributed by atoms with van der Waals surface area (Å²) in [7, 11) is 0. The zero-order valence-corrected chi connectivity index (χ0v) is 21.2. The molecule has 1 aromatic heterocycles. The van der Waals surface area contributed by atoms with Crippen LogP contribution in [0.2, 0.25) is 0 Å². The van der Waals surface area contributed by atoms with Crippen molar-refractivity contribution in [3.63, 3.8) is 0 Å². The smallest absolute Gasteiger partial charge is 0.255 e. The first kappa shape index (κ1) is 26.5. The van der Waals surface area contributed by atoms with E-state index < -0.39 is 6.04 Å². The summed E-state index contributed by atoms with van der Waals surface area (Å²) in [6, 6.07) is 3.64. The Labute approximate surface area is 202 Å². The van der Waals surface area contributed by atoms with Crippen molar-refractivity contribution < 1.29 is 4.79 Å². The van der Waals surface area contributed by atoms with E-state index in [0.717, 1.165) is 37.3 Å². The summed E-state index contributed by atoms with van der Waals surface area (Å²) in [5.41, 5.74) is 8.50. The van der Waals surface area contributed by atoms with Gasteiger partial charge < -0.3 is 15.2 Å². The Morgan fingerprint density at radius 1 is 1.19 bits per heavy atom. The van der Waals surface area contributed by atoms with Crippen LogP contribution in [0, 0.1) is 5.92 Å². The summed E-state index contributed by atoms with van der Waals surface area (Å²) in [5, 5.41) is 0. The molecule has 3 atom stereocenters. The summed E-state index contributed by atoms with van der Waals surface area (Å²) < 4.78 is 1.71. The molecule has 3 aliphatic heterocycles. The minimum atomic E-state index is -0.513. The fourth-order valence-corrected chi connectivity index (χ4v) is 5.45. The molecule has 0 spiro atoms. The first-order chi connectivity index (χ1) is 13.8. The number of halogens is 2. The maximum atomic E-state index is 13.2. The second-order valence-electron chi connectivity index (χ2n) is 9.51. The van der Waals surface area contributed by atoms with Gasteiger partial charge in [-0.25, -0.2) is 0 Å². The maximum absolute atomic E-state index is 13.2. The van der Waals surface area contributed by atoms with Crippen LogP contribution in [0.3, 0.4) is 0 Å². The number of aromatic nitrogens is 1. The lowest BCUT2D eigenvalue weighted by Gasteiger charge is -2.44. The van der Waals surface area contributed by atoms with Gasteiger partial charge in [-0.1, -0.05) is 6.07 Å². The zero-order valence-electron chi connectivity index (χ0n) is 18.7. The SMILES string of the molecule is CSC(C)(C)[C@H](N)C(=O)N1C[C@@H]2C[C@H](C1)c1ccc(CN3CCCC3)c(=O)n1C2.Cl.Cl. The molecule has 3 aliphatic rings. The van der Waals surface area contributed by atoms with Crippen LogP contribution in [0.5, 0.6) is 0 Å². The van der Waals surface area contributed by atoms with Crippen molar-refractivity contribution in [2.75, 3.05) is 32.4 Å². The molecule has 176 valence electrons. The minimum absolute atomic E-state index is 0. The molecule has 4 heterocycles. The topological polar surface area (TPSA) is 71.6 Å². The number of rotatable bonds is 5. The van der Waals surface area contributed by atoms with Crippen LogP contribution >= 0.6 is 36.6 Å². The third kappa shape index (κ3) is 5.27. The van der Waals surface area contributed by atoms with Gasteiger partial charge >= 0.3 is 0 Å². The minimum Gasteiger partial charge on any atom is -0.340 e. The van der Waals surface area contributed by atoms with Gasteiger partial charge in [0.05, 0.1) is 6.04 Å². The van der Waals surface area contributed by atoms with E-state index in [2.05, 4.69) is 11.0 Å². The Kier molecular flexibility index (Phi) is 8.96. The van der Waals surface area contributed by atoms with Gasteiger partial charge in [0.25, 0.3) is 5.56 Å². The number of nitrogens with zero attached hydrogens (tertiary/aromatic N) is 3. The van der Waals surface area contributed by atoms with E-state index in [0.29, 0.717) is 25.6 Å². The number of carbonyl (C=O) groups excluding carboxylic acids is 1. The van der Waals surface area contributed by atoms with Crippen molar-refractivity contribution in [2.24, 2.45) is 11.7 Å². The summed E-state index contributed by atoms with van der Waals surface area (Å²) in [5.74, 6) is 0.597. The Morgan fingerprint density at radius 3 is 2.52 bits per heavy atom. The van der Waals surface area contributed by atoms with E-state index in [9.17, 15) is 9.59 Å². The van der Waals surface area contributed by atoms with Crippen molar-refractivity contribution in [1.82, 2.24) is 14.4 Å². The van der Waals surface area contributed by atoms with E-state index in [1.54, 1.807) is 11.8 Å². The van der Waals surface area contributed by atoms with Gasteiger partial charge in [-0.2, -0.15) is 11.8 Å². The lowest BCUT2D eigenvalue weighted by Crippen LogP contribution is -2.57. The number of nitrogens with two attached hydrogens (primary N) is 1. The molecule has 0 radical (unpaired) electrons. The van der Waals surface area contributed by atoms with Crippen molar-refractivity contribution in [2.45, 2.75) is 62.9 Å². The summed E-state index contributed by atoms with van der Waals surface area (Å²) in [6.07, 6.45) is 5.52.